The highest BCUT2D eigenvalue weighted by Crippen LogP contribution is 2.28. The summed E-state index contributed by atoms with van der Waals surface area (Å²) in [5.74, 6) is 2.59. The number of piperidine rings is 1. The van der Waals surface area contributed by atoms with E-state index in [0.717, 1.165) is 47.2 Å². The highest BCUT2D eigenvalue weighted by Gasteiger charge is 2.18. The predicted molar refractivity (Wildman–Crippen MR) is 101 cm³/mol. The van der Waals surface area contributed by atoms with E-state index in [1.165, 1.54) is 12.8 Å². The van der Waals surface area contributed by atoms with E-state index in [1.54, 1.807) is 6.20 Å². The van der Waals surface area contributed by atoms with Crippen molar-refractivity contribution in [3.8, 4) is 5.75 Å². The summed E-state index contributed by atoms with van der Waals surface area (Å²) in [6.07, 6.45) is 4.33. The summed E-state index contributed by atoms with van der Waals surface area (Å²) < 4.78 is 6.03. The maximum absolute atomic E-state index is 6.03. The quantitative estimate of drug-likeness (QED) is 0.707. The molecular weight excluding hydrogens is 310 g/mol. The van der Waals surface area contributed by atoms with Gasteiger partial charge in [-0.2, -0.15) is 0 Å². The second-order valence-corrected chi connectivity index (χ2v) is 6.80. The molecule has 3 aromatic rings. The predicted octanol–water partition coefficient (Wildman–Crippen LogP) is 4.45. The van der Waals surface area contributed by atoms with Gasteiger partial charge in [-0.1, -0.05) is 25.1 Å². The van der Waals surface area contributed by atoms with E-state index in [9.17, 15) is 0 Å². The third kappa shape index (κ3) is 3.58. The molecule has 0 N–H and O–H groups in total. The van der Waals surface area contributed by atoms with Gasteiger partial charge in [0, 0.05) is 24.7 Å². The van der Waals surface area contributed by atoms with Gasteiger partial charge in [-0.05, 0) is 49.1 Å². The van der Waals surface area contributed by atoms with Gasteiger partial charge in [0.25, 0.3) is 0 Å². The summed E-state index contributed by atoms with van der Waals surface area (Å²) in [5.41, 5.74) is 1.84. The average molecular weight is 333 g/mol. The molecule has 1 aliphatic rings. The largest absolute Gasteiger partial charge is 0.485 e. The van der Waals surface area contributed by atoms with Crippen LogP contribution in [0.3, 0.4) is 0 Å². The number of para-hydroxylation sites is 1. The van der Waals surface area contributed by atoms with Crippen LogP contribution in [0.15, 0.2) is 54.7 Å². The summed E-state index contributed by atoms with van der Waals surface area (Å²) in [6, 6.07) is 16.2. The lowest BCUT2D eigenvalue weighted by atomic mass is 10.0. The van der Waals surface area contributed by atoms with Crippen LogP contribution >= 0.6 is 0 Å². The molecule has 1 aromatic carbocycles. The van der Waals surface area contributed by atoms with Gasteiger partial charge < -0.3 is 9.64 Å². The van der Waals surface area contributed by atoms with Crippen LogP contribution in [0.4, 0.5) is 5.82 Å². The molecule has 128 valence electrons. The van der Waals surface area contributed by atoms with Crippen molar-refractivity contribution in [3.05, 3.63) is 60.4 Å². The number of benzene rings is 1. The number of hydrogen-bond donors (Lipinski definition) is 0. The number of rotatable bonds is 4. The molecule has 0 amide bonds. The molecule has 0 spiro atoms. The lowest BCUT2D eigenvalue weighted by Crippen LogP contribution is -2.34. The topological polar surface area (TPSA) is 38.2 Å². The zero-order valence-electron chi connectivity index (χ0n) is 14.6. The minimum Gasteiger partial charge on any atom is -0.485 e. The zero-order chi connectivity index (χ0) is 17.1. The van der Waals surface area contributed by atoms with E-state index in [2.05, 4.69) is 35.0 Å². The van der Waals surface area contributed by atoms with Gasteiger partial charge in [0.05, 0.1) is 5.69 Å². The molecular formula is C21H23N3O. The monoisotopic (exact) mass is 333 g/mol. The third-order valence-electron chi connectivity index (χ3n) is 4.75. The second-order valence-electron chi connectivity index (χ2n) is 6.80. The number of pyridine rings is 2. The maximum Gasteiger partial charge on any atom is 0.146 e. The first-order chi connectivity index (χ1) is 12.3. The van der Waals surface area contributed by atoms with Gasteiger partial charge in [0.2, 0.25) is 0 Å². The first kappa shape index (κ1) is 15.9. The first-order valence-electron chi connectivity index (χ1n) is 8.97. The molecule has 1 atom stereocenters. The highest BCUT2D eigenvalue weighted by molar-refractivity contribution is 5.86. The summed E-state index contributed by atoms with van der Waals surface area (Å²) in [5, 5.41) is 1.10. The molecule has 1 unspecified atom stereocenters. The fraction of sp³-hybridized carbons (Fsp3) is 0.333. The van der Waals surface area contributed by atoms with Crippen LogP contribution in [-0.4, -0.2) is 23.1 Å². The third-order valence-corrected chi connectivity index (χ3v) is 4.75. The van der Waals surface area contributed by atoms with Gasteiger partial charge in [0.1, 0.15) is 23.7 Å². The molecule has 25 heavy (non-hydrogen) atoms. The van der Waals surface area contributed by atoms with Crippen LogP contribution in [0.5, 0.6) is 5.75 Å². The van der Waals surface area contributed by atoms with E-state index < -0.39 is 0 Å². The fourth-order valence-corrected chi connectivity index (χ4v) is 3.43. The van der Waals surface area contributed by atoms with E-state index in [4.69, 9.17) is 9.72 Å². The van der Waals surface area contributed by atoms with Crippen molar-refractivity contribution in [1.29, 1.82) is 0 Å². The van der Waals surface area contributed by atoms with Crippen LogP contribution in [0.1, 0.15) is 25.5 Å². The Bertz CT molecular complexity index is 850. The van der Waals surface area contributed by atoms with Crippen molar-refractivity contribution in [2.45, 2.75) is 26.4 Å². The van der Waals surface area contributed by atoms with Gasteiger partial charge >= 0.3 is 0 Å². The van der Waals surface area contributed by atoms with Crippen LogP contribution in [0.25, 0.3) is 10.9 Å². The lowest BCUT2D eigenvalue weighted by Gasteiger charge is -2.32. The molecule has 1 fully saturated rings. The van der Waals surface area contributed by atoms with E-state index in [-0.39, 0.29) is 0 Å². The summed E-state index contributed by atoms with van der Waals surface area (Å²) in [7, 11) is 0. The molecule has 4 nitrogen and oxygen atoms in total. The summed E-state index contributed by atoms with van der Waals surface area (Å²) in [4.78, 5) is 11.6. The fourth-order valence-electron chi connectivity index (χ4n) is 3.43. The molecule has 0 aliphatic carbocycles. The number of nitrogens with zero attached hydrogens (tertiary/aromatic N) is 3. The first-order valence-corrected chi connectivity index (χ1v) is 8.97. The molecule has 4 heteroatoms. The van der Waals surface area contributed by atoms with Crippen molar-refractivity contribution < 1.29 is 4.74 Å². The van der Waals surface area contributed by atoms with Crippen molar-refractivity contribution in [3.63, 3.8) is 0 Å². The maximum atomic E-state index is 6.03. The molecule has 3 heterocycles. The summed E-state index contributed by atoms with van der Waals surface area (Å²) in [6.45, 7) is 4.93. The normalized spacial score (nSPS) is 17.6. The summed E-state index contributed by atoms with van der Waals surface area (Å²) >= 11 is 0. The Morgan fingerprint density at radius 3 is 2.92 bits per heavy atom. The molecule has 0 bridgehead atoms. The Kier molecular flexibility index (Phi) is 4.51. The molecule has 0 saturated carbocycles. The minimum absolute atomic E-state index is 0.451. The Balaban J connectivity index is 1.61. The number of fused-ring (bicyclic) bond motifs is 1. The molecule has 0 radical (unpaired) electrons. The highest BCUT2D eigenvalue weighted by atomic mass is 16.5. The van der Waals surface area contributed by atoms with Gasteiger partial charge in [-0.25, -0.2) is 4.98 Å². The van der Waals surface area contributed by atoms with Crippen LogP contribution in [0.2, 0.25) is 0 Å². The van der Waals surface area contributed by atoms with Crippen molar-refractivity contribution in [2.75, 3.05) is 18.0 Å². The molecule has 2 aromatic heterocycles. The van der Waals surface area contributed by atoms with Crippen LogP contribution in [0, 0.1) is 5.92 Å². The average Bonchev–Trinajstić information content (AvgIpc) is 2.67. The number of anilines is 1. The van der Waals surface area contributed by atoms with Crippen molar-refractivity contribution in [2.24, 2.45) is 5.92 Å². The number of aromatic nitrogens is 2. The Labute approximate surface area is 148 Å². The standard InChI is InChI=1S/C21H23N3O/c1-16-6-5-13-24(14-16)20-11-10-17-7-4-9-19(21(17)23-20)25-15-18-8-2-3-12-22-18/h2-4,7-12,16H,5-6,13-15H2,1H3. The molecule has 4 rings (SSSR count). The Morgan fingerprint density at radius 1 is 1.12 bits per heavy atom. The van der Waals surface area contributed by atoms with Crippen molar-refractivity contribution >= 4 is 16.7 Å². The van der Waals surface area contributed by atoms with E-state index in [1.807, 2.05) is 30.3 Å². The van der Waals surface area contributed by atoms with Crippen LogP contribution in [-0.2, 0) is 6.61 Å². The zero-order valence-corrected chi connectivity index (χ0v) is 14.6. The Hall–Kier alpha value is -2.62. The van der Waals surface area contributed by atoms with Gasteiger partial charge in [-0.3, -0.25) is 4.98 Å². The van der Waals surface area contributed by atoms with Gasteiger partial charge in [0.15, 0.2) is 0 Å². The Morgan fingerprint density at radius 2 is 2.08 bits per heavy atom. The lowest BCUT2D eigenvalue weighted by molar-refractivity contribution is 0.304. The van der Waals surface area contributed by atoms with E-state index >= 15 is 0 Å². The molecule has 1 saturated heterocycles. The number of ether oxygens (including phenoxy) is 1. The smallest absolute Gasteiger partial charge is 0.146 e. The molecule has 1 aliphatic heterocycles. The van der Waals surface area contributed by atoms with Crippen molar-refractivity contribution in [1.82, 2.24) is 9.97 Å². The SMILES string of the molecule is CC1CCCN(c2ccc3cccc(OCc4ccccn4)c3n2)C1. The van der Waals surface area contributed by atoms with Gasteiger partial charge in [-0.15, -0.1) is 0 Å². The van der Waals surface area contributed by atoms with E-state index in [0.29, 0.717) is 6.61 Å². The minimum atomic E-state index is 0.451. The number of hydrogen-bond acceptors (Lipinski definition) is 4. The second kappa shape index (κ2) is 7.09. The van der Waals surface area contributed by atoms with Crippen LogP contribution < -0.4 is 9.64 Å².